The summed E-state index contributed by atoms with van der Waals surface area (Å²) in [5.74, 6) is -5.05. The summed E-state index contributed by atoms with van der Waals surface area (Å²) in [5, 5.41) is -0.391. The highest BCUT2D eigenvalue weighted by atomic mass is 35.5. The molecule has 11 heteroatoms. The number of nitrogens with one attached hydrogen (secondary N) is 1. The van der Waals surface area contributed by atoms with E-state index in [1.54, 1.807) is 0 Å². The quantitative estimate of drug-likeness (QED) is 0.616. The van der Waals surface area contributed by atoms with E-state index in [9.17, 15) is 26.3 Å². The van der Waals surface area contributed by atoms with Gasteiger partial charge in [0.2, 0.25) is 5.92 Å². The van der Waals surface area contributed by atoms with Crippen LogP contribution >= 0.6 is 23.2 Å². The zero-order valence-electron chi connectivity index (χ0n) is 9.07. The minimum absolute atomic E-state index is 0.120. The van der Waals surface area contributed by atoms with Gasteiger partial charge in [-0.25, -0.2) is 9.97 Å². The summed E-state index contributed by atoms with van der Waals surface area (Å²) in [6, 6.07) is 1.05. The first-order valence-electron chi connectivity index (χ1n) is 4.85. The van der Waals surface area contributed by atoms with Crippen LogP contribution in [0.5, 0.6) is 0 Å². The van der Waals surface area contributed by atoms with E-state index in [0.29, 0.717) is 0 Å². The van der Waals surface area contributed by atoms with Gasteiger partial charge < -0.3 is 4.98 Å². The van der Waals surface area contributed by atoms with E-state index in [4.69, 9.17) is 23.2 Å². The largest absolute Gasteiger partial charge is 0.407 e. The molecule has 2 rings (SSSR count). The molecule has 0 atom stereocenters. The van der Waals surface area contributed by atoms with Gasteiger partial charge in [-0.2, -0.15) is 26.3 Å². The average Bonchev–Trinajstić information content (AvgIpc) is 2.55. The molecule has 20 heavy (non-hydrogen) atoms. The molecule has 0 fully saturated rings. The van der Waals surface area contributed by atoms with Crippen molar-refractivity contribution >= 4 is 34.4 Å². The van der Waals surface area contributed by atoms with Crippen LogP contribution in [-0.4, -0.2) is 27.3 Å². The molecule has 1 N–H and O–H groups in total. The maximum Gasteiger partial charge on any atom is 0.407 e. The van der Waals surface area contributed by atoms with Crippen molar-refractivity contribution < 1.29 is 26.3 Å². The lowest BCUT2D eigenvalue weighted by molar-refractivity contribution is -0.255. The van der Waals surface area contributed by atoms with Crippen LogP contribution in [0.2, 0.25) is 10.2 Å². The molecule has 110 valence electrons. The number of alkyl halides is 6. The highest BCUT2D eigenvalue weighted by Gasteiger charge is 2.59. The van der Waals surface area contributed by atoms with Crippen molar-refractivity contribution in [2.24, 2.45) is 0 Å². The first-order valence-corrected chi connectivity index (χ1v) is 5.61. The first kappa shape index (κ1) is 15.2. The number of halogens is 8. The topological polar surface area (TPSA) is 41.6 Å². The fraction of sp³-hybridized carbons (Fsp3) is 0.333. The van der Waals surface area contributed by atoms with Crippen molar-refractivity contribution in [2.75, 3.05) is 0 Å². The molecular formula is C9H3Cl2F6N3. The number of hydrogen-bond donors (Lipinski definition) is 1. The zero-order valence-corrected chi connectivity index (χ0v) is 10.6. The smallest absolute Gasteiger partial charge is 0.340 e. The molecular weight excluding hydrogens is 335 g/mol. The van der Waals surface area contributed by atoms with Gasteiger partial charge in [-0.15, -0.1) is 0 Å². The van der Waals surface area contributed by atoms with Crippen molar-refractivity contribution in [3.8, 4) is 0 Å². The lowest BCUT2D eigenvalue weighted by Gasteiger charge is -2.20. The van der Waals surface area contributed by atoms with Crippen LogP contribution in [0.1, 0.15) is 11.7 Å². The zero-order chi connectivity index (χ0) is 15.3. The van der Waals surface area contributed by atoms with Crippen molar-refractivity contribution in [3.63, 3.8) is 0 Å². The Balaban J connectivity index is 2.61. The SMILES string of the molecule is FC(F)(F)C(c1nc2nc(Cl)c(Cl)cc2[nH]1)C(F)(F)F. The van der Waals surface area contributed by atoms with Gasteiger partial charge in [-0.05, 0) is 6.07 Å². The molecule has 0 aliphatic rings. The van der Waals surface area contributed by atoms with E-state index >= 15 is 0 Å². The summed E-state index contributed by atoms with van der Waals surface area (Å²) >= 11 is 11.1. The second-order valence-corrected chi connectivity index (χ2v) is 4.54. The first-order chi connectivity index (χ1) is 9.00. The molecule has 0 amide bonds. The van der Waals surface area contributed by atoms with Crippen molar-refractivity contribution in [3.05, 3.63) is 22.1 Å². The number of H-pyrrole nitrogens is 1. The van der Waals surface area contributed by atoms with E-state index in [2.05, 4.69) is 9.97 Å². The summed E-state index contributed by atoms with van der Waals surface area (Å²) in [5.41, 5.74) is -0.555. The number of hydrogen-bond acceptors (Lipinski definition) is 2. The molecule has 2 heterocycles. The van der Waals surface area contributed by atoms with Crippen LogP contribution < -0.4 is 0 Å². The molecule has 0 bridgehead atoms. The molecule has 3 nitrogen and oxygen atoms in total. The highest BCUT2D eigenvalue weighted by molar-refractivity contribution is 6.41. The minimum atomic E-state index is -5.54. The normalized spacial score (nSPS) is 13.4. The predicted molar refractivity (Wildman–Crippen MR) is 58.8 cm³/mol. The third kappa shape index (κ3) is 2.78. The summed E-state index contributed by atoms with van der Waals surface area (Å²) in [4.78, 5) is 8.62. The Hall–Kier alpha value is -1.22. The Labute approximate surface area is 116 Å². The lowest BCUT2D eigenvalue weighted by Crippen LogP contribution is -2.34. The van der Waals surface area contributed by atoms with Gasteiger partial charge in [-0.1, -0.05) is 23.2 Å². The fourth-order valence-corrected chi connectivity index (χ4v) is 1.83. The number of rotatable bonds is 1. The molecule has 0 unspecified atom stereocenters. The Morgan fingerprint density at radius 2 is 1.55 bits per heavy atom. The molecule has 2 aromatic rings. The highest BCUT2D eigenvalue weighted by Crippen LogP contribution is 2.45. The fourth-order valence-electron chi connectivity index (χ4n) is 1.55. The molecule has 0 saturated heterocycles. The molecule has 0 aromatic carbocycles. The van der Waals surface area contributed by atoms with Crippen molar-refractivity contribution in [2.45, 2.75) is 18.3 Å². The summed E-state index contributed by atoms with van der Waals surface area (Å²) < 4.78 is 75.2. The minimum Gasteiger partial charge on any atom is -0.340 e. The van der Waals surface area contributed by atoms with Gasteiger partial charge in [-0.3, -0.25) is 0 Å². The Morgan fingerprint density at radius 1 is 1.00 bits per heavy atom. The number of imidazole rings is 1. The second kappa shape index (κ2) is 4.66. The van der Waals surface area contributed by atoms with Gasteiger partial charge in [0, 0.05) is 0 Å². The van der Waals surface area contributed by atoms with Crippen LogP contribution in [0.15, 0.2) is 6.07 Å². The maximum absolute atomic E-state index is 12.5. The molecule has 0 radical (unpaired) electrons. The Kier molecular flexibility index (Phi) is 3.53. The number of aromatic nitrogens is 3. The molecule has 0 saturated carbocycles. The number of pyridine rings is 1. The third-order valence-corrected chi connectivity index (χ3v) is 3.00. The van der Waals surface area contributed by atoms with Gasteiger partial charge in [0.05, 0.1) is 10.5 Å². The monoisotopic (exact) mass is 337 g/mol. The Bertz CT molecular complexity index is 594. The van der Waals surface area contributed by atoms with Crippen LogP contribution in [0, 0.1) is 0 Å². The van der Waals surface area contributed by atoms with Crippen LogP contribution in [0.4, 0.5) is 26.3 Å². The van der Waals surface area contributed by atoms with E-state index in [-0.39, 0.29) is 21.3 Å². The van der Waals surface area contributed by atoms with Crippen LogP contribution in [-0.2, 0) is 0 Å². The van der Waals surface area contributed by atoms with E-state index < -0.39 is 24.1 Å². The molecule has 0 spiro atoms. The van der Waals surface area contributed by atoms with Crippen LogP contribution in [0.3, 0.4) is 0 Å². The summed E-state index contributed by atoms with van der Waals surface area (Å²) in [6.45, 7) is 0. The molecule has 0 aliphatic heterocycles. The van der Waals surface area contributed by atoms with Gasteiger partial charge in [0.1, 0.15) is 11.0 Å². The maximum atomic E-state index is 12.5. The predicted octanol–water partition coefficient (Wildman–Crippen LogP) is 4.47. The van der Waals surface area contributed by atoms with E-state index in [0.717, 1.165) is 6.07 Å². The number of nitrogens with zero attached hydrogens (tertiary/aromatic N) is 2. The average molecular weight is 338 g/mol. The van der Waals surface area contributed by atoms with Gasteiger partial charge in [0.15, 0.2) is 5.65 Å². The standard InChI is InChI=1S/C9H3Cl2F6N3/c10-2-1-3-6(19-5(2)11)20-7(18-3)4(8(12,13)14)9(15,16)17/h1,4H,(H,18,19,20). The Morgan fingerprint density at radius 3 is 2.05 bits per heavy atom. The van der Waals surface area contributed by atoms with Crippen LogP contribution in [0.25, 0.3) is 11.2 Å². The van der Waals surface area contributed by atoms with Crippen molar-refractivity contribution in [1.82, 2.24) is 15.0 Å². The molecule has 0 aliphatic carbocycles. The molecule has 2 aromatic heterocycles. The summed E-state index contributed by atoms with van der Waals surface area (Å²) in [7, 11) is 0. The second-order valence-electron chi connectivity index (χ2n) is 3.77. The van der Waals surface area contributed by atoms with Crippen molar-refractivity contribution in [1.29, 1.82) is 0 Å². The number of aromatic amines is 1. The van der Waals surface area contributed by atoms with Gasteiger partial charge in [0.25, 0.3) is 0 Å². The summed E-state index contributed by atoms with van der Waals surface area (Å²) in [6.07, 6.45) is -11.1. The van der Waals surface area contributed by atoms with E-state index in [1.165, 1.54) is 0 Å². The van der Waals surface area contributed by atoms with E-state index in [1.807, 2.05) is 4.98 Å². The third-order valence-electron chi connectivity index (χ3n) is 2.33. The number of fused-ring (bicyclic) bond motifs is 1. The van der Waals surface area contributed by atoms with Gasteiger partial charge >= 0.3 is 12.4 Å². The lowest BCUT2D eigenvalue weighted by atomic mass is 10.1.